The number of para-hydroxylation sites is 1. The number of anilines is 1. The summed E-state index contributed by atoms with van der Waals surface area (Å²) >= 11 is 0. The maximum atomic E-state index is 12.3. The average molecular weight is 337 g/mol. The number of hydrogen-bond donors (Lipinski definition) is 2. The molecule has 5 nitrogen and oxygen atoms in total. The molecule has 1 aliphatic carbocycles. The SMILES string of the molecule is Cc1cccnc1C(NC(=O)CCC(=O)Nc1ccccc1)C1CC1. The minimum Gasteiger partial charge on any atom is -0.347 e. The van der Waals surface area contributed by atoms with Gasteiger partial charge in [-0.1, -0.05) is 24.3 Å². The Morgan fingerprint density at radius 2 is 1.80 bits per heavy atom. The Balaban J connectivity index is 1.52. The predicted octanol–water partition coefficient (Wildman–Crippen LogP) is 3.38. The van der Waals surface area contributed by atoms with E-state index in [4.69, 9.17) is 0 Å². The lowest BCUT2D eigenvalue weighted by atomic mass is 10.0. The van der Waals surface area contributed by atoms with Gasteiger partial charge in [-0.05, 0) is 49.4 Å². The van der Waals surface area contributed by atoms with Crippen molar-refractivity contribution in [3.8, 4) is 0 Å². The van der Waals surface area contributed by atoms with Gasteiger partial charge in [-0.2, -0.15) is 0 Å². The van der Waals surface area contributed by atoms with Gasteiger partial charge >= 0.3 is 0 Å². The third kappa shape index (κ3) is 4.89. The van der Waals surface area contributed by atoms with Gasteiger partial charge in [0.05, 0.1) is 11.7 Å². The molecule has 25 heavy (non-hydrogen) atoms. The Bertz CT molecular complexity index is 742. The van der Waals surface area contributed by atoms with Crippen LogP contribution >= 0.6 is 0 Å². The largest absolute Gasteiger partial charge is 0.347 e. The van der Waals surface area contributed by atoms with Gasteiger partial charge in [-0.15, -0.1) is 0 Å². The number of hydrogen-bond acceptors (Lipinski definition) is 3. The number of carbonyl (C=O) groups excluding carboxylic acids is 2. The van der Waals surface area contributed by atoms with Crippen molar-refractivity contribution in [1.82, 2.24) is 10.3 Å². The van der Waals surface area contributed by atoms with Gasteiger partial charge in [-0.3, -0.25) is 14.6 Å². The van der Waals surface area contributed by atoms with Crippen molar-refractivity contribution in [1.29, 1.82) is 0 Å². The van der Waals surface area contributed by atoms with E-state index in [-0.39, 0.29) is 30.7 Å². The van der Waals surface area contributed by atoms with Crippen LogP contribution in [0.15, 0.2) is 48.7 Å². The quantitative estimate of drug-likeness (QED) is 0.814. The van der Waals surface area contributed by atoms with E-state index >= 15 is 0 Å². The molecular weight excluding hydrogens is 314 g/mol. The van der Waals surface area contributed by atoms with Gasteiger partial charge in [0.25, 0.3) is 0 Å². The molecular formula is C20H23N3O2. The van der Waals surface area contributed by atoms with Crippen LogP contribution in [0.3, 0.4) is 0 Å². The number of aromatic nitrogens is 1. The van der Waals surface area contributed by atoms with Gasteiger partial charge in [-0.25, -0.2) is 0 Å². The molecule has 130 valence electrons. The van der Waals surface area contributed by atoms with E-state index in [9.17, 15) is 9.59 Å². The molecule has 1 aromatic carbocycles. The normalized spacial score (nSPS) is 14.6. The highest BCUT2D eigenvalue weighted by atomic mass is 16.2. The van der Waals surface area contributed by atoms with Gasteiger partial charge in [0.1, 0.15) is 0 Å². The van der Waals surface area contributed by atoms with Gasteiger partial charge in [0.2, 0.25) is 11.8 Å². The number of benzene rings is 1. The van der Waals surface area contributed by atoms with Gasteiger partial charge < -0.3 is 10.6 Å². The molecule has 0 aliphatic heterocycles. The lowest BCUT2D eigenvalue weighted by molar-refractivity contribution is -0.125. The summed E-state index contributed by atoms with van der Waals surface area (Å²) in [6, 6.07) is 13.1. The van der Waals surface area contributed by atoms with E-state index in [0.717, 1.165) is 29.8 Å². The Morgan fingerprint density at radius 1 is 1.08 bits per heavy atom. The molecule has 1 aromatic heterocycles. The number of aryl methyl sites for hydroxylation is 1. The van der Waals surface area contributed by atoms with E-state index in [1.807, 2.05) is 49.4 Å². The standard InChI is InChI=1S/C20H23N3O2/c1-14-6-5-13-21-19(14)20(15-9-10-15)23-18(25)12-11-17(24)22-16-7-3-2-4-8-16/h2-8,13,15,20H,9-12H2,1H3,(H,22,24)(H,23,25). The first-order valence-corrected chi connectivity index (χ1v) is 8.69. The van der Waals surface area contributed by atoms with Crippen molar-refractivity contribution in [3.05, 3.63) is 59.9 Å². The molecule has 2 N–H and O–H groups in total. The summed E-state index contributed by atoms with van der Waals surface area (Å²) in [5.41, 5.74) is 2.77. The number of pyridine rings is 1. The molecule has 1 saturated carbocycles. The summed E-state index contributed by atoms with van der Waals surface area (Å²) < 4.78 is 0. The monoisotopic (exact) mass is 337 g/mol. The number of nitrogens with zero attached hydrogens (tertiary/aromatic N) is 1. The summed E-state index contributed by atoms with van der Waals surface area (Å²) in [6.45, 7) is 2.01. The van der Waals surface area contributed by atoms with Crippen LogP contribution in [-0.4, -0.2) is 16.8 Å². The van der Waals surface area contributed by atoms with Gasteiger partial charge in [0, 0.05) is 24.7 Å². The maximum Gasteiger partial charge on any atom is 0.224 e. The molecule has 1 fully saturated rings. The van der Waals surface area contributed by atoms with E-state index in [1.165, 1.54) is 0 Å². The first kappa shape index (κ1) is 17.1. The second-order valence-electron chi connectivity index (χ2n) is 6.50. The highest BCUT2D eigenvalue weighted by Crippen LogP contribution is 2.41. The molecule has 1 unspecified atom stereocenters. The first-order chi connectivity index (χ1) is 12.1. The van der Waals surface area contributed by atoms with E-state index < -0.39 is 0 Å². The zero-order valence-corrected chi connectivity index (χ0v) is 14.4. The van der Waals surface area contributed by atoms with E-state index in [1.54, 1.807) is 6.20 Å². The van der Waals surface area contributed by atoms with Crippen molar-refractivity contribution in [3.63, 3.8) is 0 Å². The highest BCUT2D eigenvalue weighted by Gasteiger charge is 2.34. The molecule has 0 bridgehead atoms. The first-order valence-electron chi connectivity index (χ1n) is 8.69. The lowest BCUT2D eigenvalue weighted by Crippen LogP contribution is -2.31. The smallest absolute Gasteiger partial charge is 0.224 e. The number of amides is 2. The molecule has 3 rings (SSSR count). The topological polar surface area (TPSA) is 71.1 Å². The summed E-state index contributed by atoms with van der Waals surface area (Å²) in [4.78, 5) is 28.7. The second kappa shape index (κ2) is 7.92. The maximum absolute atomic E-state index is 12.3. The minimum atomic E-state index is -0.154. The molecule has 0 radical (unpaired) electrons. The van der Waals surface area contributed by atoms with Crippen molar-refractivity contribution in [2.24, 2.45) is 5.92 Å². The van der Waals surface area contributed by atoms with Crippen LogP contribution in [0.1, 0.15) is 43.0 Å². The van der Waals surface area contributed by atoms with Crippen LogP contribution in [0, 0.1) is 12.8 Å². The molecule has 2 aromatic rings. The van der Waals surface area contributed by atoms with Crippen molar-refractivity contribution < 1.29 is 9.59 Å². The zero-order chi connectivity index (χ0) is 17.6. The Hall–Kier alpha value is -2.69. The second-order valence-corrected chi connectivity index (χ2v) is 6.50. The van der Waals surface area contributed by atoms with Crippen LogP contribution in [0.2, 0.25) is 0 Å². The van der Waals surface area contributed by atoms with Crippen LogP contribution in [0.25, 0.3) is 0 Å². The summed E-state index contributed by atoms with van der Waals surface area (Å²) in [6.07, 6.45) is 4.31. The Kier molecular flexibility index (Phi) is 5.43. The fraction of sp³-hybridized carbons (Fsp3) is 0.350. The van der Waals surface area contributed by atoms with E-state index in [2.05, 4.69) is 15.6 Å². The lowest BCUT2D eigenvalue weighted by Gasteiger charge is -2.19. The molecule has 2 amide bonds. The molecule has 1 atom stereocenters. The summed E-state index contributed by atoms with van der Waals surface area (Å²) in [7, 11) is 0. The Morgan fingerprint density at radius 3 is 2.48 bits per heavy atom. The summed E-state index contributed by atoms with van der Waals surface area (Å²) in [5.74, 6) is 0.194. The zero-order valence-electron chi connectivity index (χ0n) is 14.4. The number of nitrogens with one attached hydrogen (secondary N) is 2. The third-order valence-electron chi connectivity index (χ3n) is 4.39. The summed E-state index contributed by atoms with van der Waals surface area (Å²) in [5, 5.41) is 5.87. The van der Waals surface area contributed by atoms with E-state index in [0.29, 0.717) is 5.92 Å². The van der Waals surface area contributed by atoms with Crippen molar-refractivity contribution in [2.45, 2.75) is 38.6 Å². The molecule has 1 heterocycles. The molecule has 1 aliphatic rings. The van der Waals surface area contributed by atoms with Crippen molar-refractivity contribution >= 4 is 17.5 Å². The van der Waals surface area contributed by atoms with Gasteiger partial charge in [0.15, 0.2) is 0 Å². The average Bonchev–Trinajstić information content (AvgIpc) is 3.44. The molecule has 0 spiro atoms. The van der Waals surface area contributed by atoms with Crippen molar-refractivity contribution in [2.75, 3.05) is 5.32 Å². The number of carbonyl (C=O) groups is 2. The third-order valence-corrected chi connectivity index (χ3v) is 4.39. The molecule has 5 heteroatoms. The minimum absolute atomic E-state index is 0.0501. The number of rotatable bonds is 7. The van der Waals surface area contributed by atoms with Crippen LogP contribution in [-0.2, 0) is 9.59 Å². The van der Waals surface area contributed by atoms with Crippen LogP contribution < -0.4 is 10.6 Å². The van der Waals surface area contributed by atoms with Crippen LogP contribution in [0.5, 0.6) is 0 Å². The fourth-order valence-corrected chi connectivity index (χ4v) is 2.88. The molecule has 0 saturated heterocycles. The predicted molar refractivity (Wildman–Crippen MR) is 96.9 cm³/mol. The highest BCUT2D eigenvalue weighted by molar-refractivity contribution is 5.93. The fourth-order valence-electron chi connectivity index (χ4n) is 2.88. The Labute approximate surface area is 147 Å². The van der Waals surface area contributed by atoms with Crippen LogP contribution in [0.4, 0.5) is 5.69 Å².